The van der Waals surface area contributed by atoms with E-state index < -0.39 is 5.54 Å². The molecule has 1 fully saturated rings. The molecule has 0 unspecified atom stereocenters. The van der Waals surface area contributed by atoms with Gasteiger partial charge < -0.3 is 15.4 Å². The maximum atomic E-state index is 12.6. The summed E-state index contributed by atoms with van der Waals surface area (Å²) in [6.45, 7) is 6.42. The van der Waals surface area contributed by atoms with Crippen LogP contribution in [0, 0.1) is 0 Å². The molecule has 2 rings (SSSR count). The number of rotatable bonds is 8. The third-order valence-electron chi connectivity index (χ3n) is 4.74. The zero-order valence-electron chi connectivity index (χ0n) is 16.3. The van der Waals surface area contributed by atoms with E-state index in [1.165, 1.54) is 6.92 Å². The zero-order chi connectivity index (χ0) is 19.9. The highest BCUT2D eigenvalue weighted by Crippen LogP contribution is 2.34. The van der Waals surface area contributed by atoms with Gasteiger partial charge in [-0.05, 0) is 50.9 Å². The molecule has 1 aromatic rings. The molecular weight excluding hydrogens is 346 g/mol. The van der Waals surface area contributed by atoms with Crippen molar-refractivity contribution in [1.29, 1.82) is 0 Å². The molecular formula is C20H29N3O4. The Labute approximate surface area is 160 Å². The lowest BCUT2D eigenvalue weighted by Gasteiger charge is -2.35. The molecule has 0 radical (unpaired) electrons. The van der Waals surface area contributed by atoms with E-state index in [0.29, 0.717) is 37.4 Å². The van der Waals surface area contributed by atoms with Crippen LogP contribution in [0.3, 0.4) is 0 Å². The number of benzene rings is 1. The second-order valence-corrected chi connectivity index (χ2v) is 6.84. The minimum absolute atomic E-state index is 0.128. The molecule has 2 amide bonds. The van der Waals surface area contributed by atoms with Crippen LogP contribution in [0.25, 0.3) is 0 Å². The molecule has 148 valence electrons. The summed E-state index contributed by atoms with van der Waals surface area (Å²) in [5.41, 5.74) is 0.510. The Morgan fingerprint density at radius 1 is 1.19 bits per heavy atom. The van der Waals surface area contributed by atoms with E-state index in [1.54, 1.807) is 31.2 Å². The summed E-state index contributed by atoms with van der Waals surface area (Å²) < 4.78 is 5.31. The van der Waals surface area contributed by atoms with Crippen molar-refractivity contribution in [1.82, 2.24) is 4.90 Å². The largest absolute Gasteiger partial charge is 0.465 e. The van der Waals surface area contributed by atoms with Crippen LogP contribution in [-0.2, 0) is 19.1 Å². The Balaban J connectivity index is 2.07. The van der Waals surface area contributed by atoms with Gasteiger partial charge in [0.25, 0.3) is 0 Å². The Hall–Kier alpha value is -2.41. The predicted octanol–water partition coefficient (Wildman–Crippen LogP) is 2.78. The summed E-state index contributed by atoms with van der Waals surface area (Å²) in [7, 11) is 0. The summed E-state index contributed by atoms with van der Waals surface area (Å²) in [5, 5.41) is 5.54. The van der Waals surface area contributed by atoms with Gasteiger partial charge in [0, 0.05) is 18.3 Å². The van der Waals surface area contributed by atoms with E-state index in [1.807, 2.05) is 11.8 Å². The minimum atomic E-state index is -0.708. The molecule has 0 aromatic heterocycles. The van der Waals surface area contributed by atoms with Crippen LogP contribution < -0.4 is 10.6 Å². The number of carbonyl (C=O) groups excluding carboxylic acids is 3. The first-order valence-electron chi connectivity index (χ1n) is 9.51. The van der Waals surface area contributed by atoms with E-state index in [0.717, 1.165) is 12.8 Å². The topological polar surface area (TPSA) is 87.7 Å². The highest BCUT2D eigenvalue weighted by molar-refractivity contribution is 5.95. The van der Waals surface area contributed by atoms with Crippen LogP contribution in [0.1, 0.15) is 46.5 Å². The number of amides is 2. The highest BCUT2D eigenvalue weighted by Gasteiger charge is 2.48. The van der Waals surface area contributed by atoms with Crippen LogP contribution in [-0.4, -0.2) is 47.9 Å². The van der Waals surface area contributed by atoms with Gasteiger partial charge >= 0.3 is 5.97 Å². The van der Waals surface area contributed by atoms with Gasteiger partial charge in [0.1, 0.15) is 5.54 Å². The highest BCUT2D eigenvalue weighted by atomic mass is 16.5. The number of nitrogens with zero attached hydrogens (tertiary/aromatic N) is 1. The fourth-order valence-electron chi connectivity index (χ4n) is 3.71. The van der Waals surface area contributed by atoms with Crippen LogP contribution in [0.5, 0.6) is 0 Å². The number of likely N-dealkylation sites (tertiary alicyclic amines) is 1. The fourth-order valence-corrected chi connectivity index (χ4v) is 3.71. The van der Waals surface area contributed by atoms with Crippen molar-refractivity contribution in [2.24, 2.45) is 0 Å². The number of carbonyl (C=O) groups is 3. The lowest BCUT2D eigenvalue weighted by molar-refractivity contribution is -0.157. The summed E-state index contributed by atoms with van der Waals surface area (Å²) in [5.74, 6) is -0.596. The number of hydrogen-bond acceptors (Lipinski definition) is 5. The number of hydrogen-bond donors (Lipinski definition) is 2. The lowest BCUT2D eigenvalue weighted by atomic mass is 9.90. The smallest absolute Gasteiger partial charge is 0.326 e. The second kappa shape index (κ2) is 9.50. The number of ether oxygens (including phenoxy) is 1. The Kier molecular flexibility index (Phi) is 7.36. The first-order chi connectivity index (χ1) is 12.9. The second-order valence-electron chi connectivity index (χ2n) is 6.84. The maximum absolute atomic E-state index is 12.6. The molecule has 1 aliphatic heterocycles. The maximum Gasteiger partial charge on any atom is 0.326 e. The Morgan fingerprint density at radius 3 is 2.52 bits per heavy atom. The molecule has 7 heteroatoms. The fraction of sp³-hybridized carbons (Fsp3) is 0.550. The van der Waals surface area contributed by atoms with Crippen molar-refractivity contribution >= 4 is 29.2 Å². The van der Waals surface area contributed by atoms with Crippen molar-refractivity contribution in [3.8, 4) is 0 Å². The van der Waals surface area contributed by atoms with Gasteiger partial charge in [-0.3, -0.25) is 19.3 Å². The molecule has 1 aromatic carbocycles. The van der Waals surface area contributed by atoms with Gasteiger partial charge in [0.05, 0.1) is 13.2 Å². The van der Waals surface area contributed by atoms with E-state index in [9.17, 15) is 14.4 Å². The number of esters is 1. The van der Waals surface area contributed by atoms with Crippen LogP contribution >= 0.6 is 0 Å². The Morgan fingerprint density at radius 2 is 1.89 bits per heavy atom. The van der Waals surface area contributed by atoms with Crippen molar-refractivity contribution in [3.63, 3.8) is 0 Å². The van der Waals surface area contributed by atoms with E-state index in [4.69, 9.17) is 4.74 Å². The molecule has 27 heavy (non-hydrogen) atoms. The molecule has 1 atom stereocenters. The van der Waals surface area contributed by atoms with Crippen molar-refractivity contribution in [2.75, 3.05) is 30.3 Å². The normalized spacial score (nSPS) is 19.5. The number of nitrogens with one attached hydrogen (secondary N) is 2. The molecule has 1 heterocycles. The summed E-state index contributed by atoms with van der Waals surface area (Å²) in [6.07, 6.45) is 3.10. The first-order valence-corrected chi connectivity index (χ1v) is 9.51. The Bertz CT molecular complexity index is 692. The van der Waals surface area contributed by atoms with Crippen molar-refractivity contribution < 1.29 is 19.1 Å². The van der Waals surface area contributed by atoms with E-state index in [2.05, 4.69) is 10.6 Å². The van der Waals surface area contributed by atoms with Gasteiger partial charge in [-0.15, -0.1) is 0 Å². The third kappa shape index (κ3) is 5.29. The summed E-state index contributed by atoms with van der Waals surface area (Å²) in [4.78, 5) is 38.3. The average Bonchev–Trinajstić information content (AvgIpc) is 2.98. The molecule has 0 aliphatic carbocycles. The number of anilines is 2. The van der Waals surface area contributed by atoms with Gasteiger partial charge in [-0.1, -0.05) is 19.4 Å². The molecule has 1 saturated heterocycles. The monoisotopic (exact) mass is 375 g/mol. The van der Waals surface area contributed by atoms with Crippen LogP contribution in [0.2, 0.25) is 0 Å². The minimum Gasteiger partial charge on any atom is -0.465 e. The van der Waals surface area contributed by atoms with Crippen molar-refractivity contribution in [2.45, 2.75) is 52.0 Å². The van der Waals surface area contributed by atoms with Crippen LogP contribution in [0.15, 0.2) is 24.3 Å². The zero-order valence-corrected chi connectivity index (χ0v) is 16.3. The molecule has 0 spiro atoms. The summed E-state index contributed by atoms with van der Waals surface area (Å²) in [6, 6.07) is 6.98. The third-order valence-corrected chi connectivity index (χ3v) is 4.74. The van der Waals surface area contributed by atoms with Gasteiger partial charge in [-0.2, -0.15) is 0 Å². The molecule has 0 bridgehead atoms. The van der Waals surface area contributed by atoms with E-state index in [-0.39, 0.29) is 24.3 Å². The summed E-state index contributed by atoms with van der Waals surface area (Å²) >= 11 is 0. The van der Waals surface area contributed by atoms with Gasteiger partial charge in [0.2, 0.25) is 11.8 Å². The molecule has 7 nitrogen and oxygen atoms in total. The van der Waals surface area contributed by atoms with Gasteiger partial charge in [0.15, 0.2) is 0 Å². The lowest BCUT2D eigenvalue weighted by Crippen LogP contribution is -2.53. The van der Waals surface area contributed by atoms with Crippen molar-refractivity contribution in [3.05, 3.63) is 24.3 Å². The molecule has 2 N–H and O–H groups in total. The van der Waals surface area contributed by atoms with E-state index >= 15 is 0 Å². The quantitative estimate of drug-likeness (QED) is 0.682. The molecule has 0 saturated carbocycles. The first kappa shape index (κ1) is 20.9. The van der Waals surface area contributed by atoms with Gasteiger partial charge in [-0.25, -0.2) is 0 Å². The SMILES string of the molecule is CCC[C@]1(C(=O)OCC)CCCN1CC(=O)Nc1cccc(NC(C)=O)c1. The average molecular weight is 375 g/mol. The standard InChI is InChI=1S/C20H29N3O4/c1-4-10-20(19(26)27-5-2)11-7-12-23(20)14-18(25)22-17-9-6-8-16(13-17)21-15(3)24/h6,8-9,13H,4-5,7,10-12,14H2,1-3H3,(H,21,24)(H,22,25)/t20-/m1/s1. The van der Waals surface area contributed by atoms with Crippen LogP contribution in [0.4, 0.5) is 11.4 Å². The molecule has 1 aliphatic rings. The predicted molar refractivity (Wildman–Crippen MR) is 104 cm³/mol.